The van der Waals surface area contributed by atoms with E-state index in [9.17, 15) is 9.59 Å². The van der Waals surface area contributed by atoms with Crippen molar-refractivity contribution in [3.63, 3.8) is 0 Å². The van der Waals surface area contributed by atoms with Gasteiger partial charge in [0.05, 0.1) is 6.61 Å². The van der Waals surface area contributed by atoms with Crippen molar-refractivity contribution in [3.8, 4) is 0 Å². The molecule has 0 heterocycles. The van der Waals surface area contributed by atoms with Gasteiger partial charge in [-0.1, -0.05) is 125 Å². The van der Waals surface area contributed by atoms with Crippen LogP contribution in [0.4, 0.5) is 4.79 Å². The molecule has 7 heteroatoms. The molecule has 0 fully saturated rings. The third kappa shape index (κ3) is 27.7. The van der Waals surface area contributed by atoms with Crippen molar-refractivity contribution in [2.75, 3.05) is 52.5 Å². The summed E-state index contributed by atoms with van der Waals surface area (Å²) in [6, 6.07) is 0. The van der Waals surface area contributed by atoms with Crippen molar-refractivity contribution in [3.05, 3.63) is 0 Å². The van der Waals surface area contributed by atoms with Crippen LogP contribution in [0.3, 0.4) is 0 Å². The van der Waals surface area contributed by atoms with E-state index in [0.717, 1.165) is 71.2 Å². The molecule has 0 N–H and O–H groups in total. The topological polar surface area (TPSA) is 68.3 Å². The van der Waals surface area contributed by atoms with Gasteiger partial charge >= 0.3 is 12.1 Å². The zero-order valence-electron chi connectivity index (χ0n) is 31.6. The standard InChI is InChI=1S/C39H78N2O5/c1-7-13-16-19-20-22-27-36(26-21-17-14-8-2)35-45-38(42)30-25-24-29-37(28-23-18-15-9-3)46-39(43)44-34-33-41(12-6)32-31-40(10-4)11-5/h36-37H,7-35H2,1-6H3. The Morgan fingerprint density at radius 2 is 1.00 bits per heavy atom. The average molecular weight is 655 g/mol. The predicted molar refractivity (Wildman–Crippen MR) is 195 cm³/mol. The molecule has 0 saturated carbocycles. The van der Waals surface area contributed by atoms with E-state index in [1.165, 1.54) is 89.9 Å². The largest absolute Gasteiger partial charge is 0.508 e. The minimum atomic E-state index is -0.560. The van der Waals surface area contributed by atoms with Crippen molar-refractivity contribution in [2.24, 2.45) is 5.92 Å². The number of carbonyl (C=O) groups excluding carboxylic acids is 2. The molecule has 7 nitrogen and oxygen atoms in total. The summed E-state index contributed by atoms with van der Waals surface area (Å²) < 4.78 is 17.1. The summed E-state index contributed by atoms with van der Waals surface area (Å²) in [5.74, 6) is 0.411. The Bertz CT molecular complexity index is 673. The van der Waals surface area contributed by atoms with E-state index in [4.69, 9.17) is 14.2 Å². The lowest BCUT2D eigenvalue weighted by Gasteiger charge is -2.25. The average Bonchev–Trinajstić information content (AvgIpc) is 3.06. The number of ether oxygens (including phenoxy) is 3. The van der Waals surface area contributed by atoms with Crippen molar-refractivity contribution in [1.82, 2.24) is 9.80 Å². The van der Waals surface area contributed by atoms with Gasteiger partial charge in [0.1, 0.15) is 12.7 Å². The second kappa shape index (κ2) is 33.6. The zero-order valence-corrected chi connectivity index (χ0v) is 31.6. The van der Waals surface area contributed by atoms with Gasteiger partial charge in [-0.05, 0) is 70.5 Å². The molecule has 0 radical (unpaired) electrons. The van der Waals surface area contributed by atoms with Crippen molar-refractivity contribution >= 4 is 12.1 Å². The predicted octanol–water partition coefficient (Wildman–Crippen LogP) is 10.6. The van der Waals surface area contributed by atoms with Gasteiger partial charge in [0.15, 0.2) is 0 Å². The lowest BCUT2D eigenvalue weighted by Crippen LogP contribution is -2.37. The van der Waals surface area contributed by atoms with E-state index in [1.807, 2.05) is 0 Å². The van der Waals surface area contributed by atoms with Gasteiger partial charge < -0.3 is 19.1 Å². The smallest absolute Gasteiger partial charge is 0.465 e. The van der Waals surface area contributed by atoms with Gasteiger partial charge in [-0.2, -0.15) is 0 Å². The normalized spacial score (nSPS) is 12.9. The van der Waals surface area contributed by atoms with Gasteiger partial charge in [0.2, 0.25) is 0 Å². The molecule has 0 aliphatic carbocycles. The quantitative estimate of drug-likeness (QED) is 0.0505. The molecule has 0 bridgehead atoms. The van der Waals surface area contributed by atoms with Crippen LogP contribution in [0.25, 0.3) is 0 Å². The highest BCUT2D eigenvalue weighted by atomic mass is 16.7. The lowest BCUT2D eigenvalue weighted by atomic mass is 9.95. The van der Waals surface area contributed by atoms with E-state index in [-0.39, 0.29) is 12.1 Å². The molecule has 0 amide bonds. The van der Waals surface area contributed by atoms with Gasteiger partial charge in [-0.3, -0.25) is 9.69 Å². The van der Waals surface area contributed by atoms with Crippen molar-refractivity contribution in [2.45, 2.75) is 182 Å². The fourth-order valence-corrected chi connectivity index (χ4v) is 6.05. The lowest BCUT2D eigenvalue weighted by molar-refractivity contribution is -0.145. The first-order valence-corrected chi connectivity index (χ1v) is 19.9. The van der Waals surface area contributed by atoms with Crippen LogP contribution in [0.5, 0.6) is 0 Å². The summed E-state index contributed by atoms with van der Waals surface area (Å²) in [7, 11) is 0. The second-order valence-electron chi connectivity index (χ2n) is 13.3. The molecule has 0 saturated heterocycles. The highest BCUT2D eigenvalue weighted by molar-refractivity contribution is 5.69. The van der Waals surface area contributed by atoms with Gasteiger partial charge in [0, 0.05) is 26.1 Å². The number of carbonyl (C=O) groups is 2. The van der Waals surface area contributed by atoms with E-state index in [0.29, 0.717) is 32.1 Å². The van der Waals surface area contributed by atoms with Gasteiger partial charge in [-0.25, -0.2) is 4.79 Å². The highest BCUT2D eigenvalue weighted by Gasteiger charge is 2.17. The van der Waals surface area contributed by atoms with Crippen LogP contribution in [-0.4, -0.2) is 80.5 Å². The summed E-state index contributed by atoms with van der Waals surface area (Å²) in [6.45, 7) is 19.9. The monoisotopic (exact) mass is 655 g/mol. The Morgan fingerprint density at radius 1 is 0.522 bits per heavy atom. The van der Waals surface area contributed by atoms with Crippen molar-refractivity contribution < 1.29 is 23.8 Å². The summed E-state index contributed by atoms with van der Waals surface area (Å²) in [6.07, 6.45) is 22.7. The maximum Gasteiger partial charge on any atom is 0.508 e. The molecule has 0 aromatic carbocycles. The van der Waals surface area contributed by atoms with Crippen LogP contribution in [0.2, 0.25) is 0 Å². The minimum Gasteiger partial charge on any atom is -0.465 e. The van der Waals surface area contributed by atoms with Gasteiger partial charge in [0.25, 0.3) is 0 Å². The Kier molecular flexibility index (Phi) is 32.6. The molecule has 0 aromatic heterocycles. The Hall–Kier alpha value is -1.34. The molecule has 274 valence electrons. The highest BCUT2D eigenvalue weighted by Crippen LogP contribution is 2.20. The molecule has 0 aliphatic rings. The van der Waals surface area contributed by atoms with Gasteiger partial charge in [-0.15, -0.1) is 0 Å². The molecule has 46 heavy (non-hydrogen) atoms. The number of rotatable bonds is 34. The van der Waals surface area contributed by atoms with E-state index in [2.05, 4.69) is 51.3 Å². The number of hydrogen-bond acceptors (Lipinski definition) is 7. The molecule has 0 aromatic rings. The Labute approximate surface area is 286 Å². The molecule has 0 aliphatic heterocycles. The number of esters is 1. The minimum absolute atomic E-state index is 0.0807. The fourth-order valence-electron chi connectivity index (χ4n) is 6.05. The second-order valence-corrected chi connectivity index (χ2v) is 13.3. The SMILES string of the molecule is CCCCCCCCC(CCCCCC)COC(=O)CCCCC(CCCCCC)OC(=O)OCCN(CC)CCN(CC)CC. The summed E-state index contributed by atoms with van der Waals surface area (Å²) in [5.41, 5.74) is 0. The first-order chi connectivity index (χ1) is 22.4. The van der Waals surface area contributed by atoms with Crippen LogP contribution < -0.4 is 0 Å². The van der Waals surface area contributed by atoms with Crippen LogP contribution in [0.15, 0.2) is 0 Å². The molecular formula is C39H78N2O5. The summed E-state index contributed by atoms with van der Waals surface area (Å²) in [5, 5.41) is 0. The molecular weight excluding hydrogens is 576 g/mol. The van der Waals surface area contributed by atoms with E-state index >= 15 is 0 Å². The summed E-state index contributed by atoms with van der Waals surface area (Å²) in [4.78, 5) is 29.9. The zero-order chi connectivity index (χ0) is 34.1. The molecule has 2 atom stereocenters. The maximum absolute atomic E-state index is 12.6. The van der Waals surface area contributed by atoms with Crippen LogP contribution in [0.1, 0.15) is 176 Å². The first kappa shape index (κ1) is 44.7. The first-order valence-electron chi connectivity index (χ1n) is 19.9. The third-order valence-electron chi connectivity index (χ3n) is 9.41. The number of unbranched alkanes of at least 4 members (excludes halogenated alkanes) is 12. The fraction of sp³-hybridized carbons (Fsp3) is 0.949. The third-order valence-corrected chi connectivity index (χ3v) is 9.41. The Morgan fingerprint density at radius 3 is 1.57 bits per heavy atom. The number of likely N-dealkylation sites (N-methyl/N-ethyl adjacent to an activating group) is 2. The molecule has 2 unspecified atom stereocenters. The van der Waals surface area contributed by atoms with Crippen LogP contribution in [0, 0.1) is 5.92 Å². The van der Waals surface area contributed by atoms with E-state index in [1.54, 1.807) is 0 Å². The number of nitrogens with zero attached hydrogens (tertiary/aromatic N) is 2. The molecule has 0 spiro atoms. The van der Waals surface area contributed by atoms with Crippen LogP contribution in [-0.2, 0) is 19.0 Å². The van der Waals surface area contributed by atoms with E-state index < -0.39 is 6.16 Å². The van der Waals surface area contributed by atoms with Crippen molar-refractivity contribution in [1.29, 1.82) is 0 Å². The van der Waals surface area contributed by atoms with Crippen LogP contribution >= 0.6 is 0 Å². The maximum atomic E-state index is 12.6. The Balaban J connectivity index is 4.55. The molecule has 0 rings (SSSR count). The number of hydrogen-bond donors (Lipinski definition) is 0. The summed E-state index contributed by atoms with van der Waals surface area (Å²) >= 11 is 0.